The van der Waals surface area contributed by atoms with Gasteiger partial charge in [-0.25, -0.2) is 0 Å². The third-order valence-electron chi connectivity index (χ3n) is 29.8. The number of fused-ring (bicyclic) bond motifs is 36. The van der Waals surface area contributed by atoms with Crippen LogP contribution < -0.4 is 105 Å². The topological polar surface area (TPSA) is 449 Å². The van der Waals surface area contributed by atoms with Crippen molar-refractivity contribution < 1.29 is 444 Å². The summed E-state index contributed by atoms with van der Waals surface area (Å²) in [5, 5.41) is 101. The van der Waals surface area contributed by atoms with Crippen molar-refractivity contribution >= 4 is 114 Å². The van der Waals surface area contributed by atoms with E-state index in [0.717, 1.165) is 300 Å². The van der Waals surface area contributed by atoms with E-state index >= 15 is 0 Å². The number of hydrogen-bond donors (Lipinski definition) is 18. The van der Waals surface area contributed by atoms with Crippen molar-refractivity contribution in [3.63, 3.8) is 0 Å². The fourth-order valence-corrected chi connectivity index (χ4v) is 23.2. The number of nitrogen functional groups attached to an aromatic ring is 8. The van der Waals surface area contributed by atoms with Crippen LogP contribution in [-0.4, -0.2) is 91.1 Å². The second kappa shape index (κ2) is 52.6. The van der Waals surface area contributed by atoms with Crippen LogP contribution in [0, 0.1) is 197 Å². The van der Waals surface area contributed by atoms with Gasteiger partial charge in [0.15, 0.2) is 0 Å². The average molecular weight is 2920 g/mol. The fourth-order valence-electron chi connectivity index (χ4n) is 23.2. The third-order valence-corrected chi connectivity index (χ3v) is 29.8. The predicted octanol–water partition coefficient (Wildman–Crippen LogP) is 14.7. The summed E-state index contributed by atoms with van der Waals surface area (Å²) in [6.45, 7) is 47.8. The molecule has 26 N–H and O–H groups in total. The zero-order chi connectivity index (χ0) is 98.8. The average Bonchev–Trinajstić information content (AvgIpc) is 0.740. The second-order valence-electron chi connectivity index (χ2n) is 38.7. The van der Waals surface area contributed by atoms with Crippen LogP contribution in [0.25, 0.3) is 0 Å². The monoisotopic (exact) mass is 2920 g/mol. The second-order valence-corrected chi connectivity index (χ2v) is 38.7. The van der Waals surface area contributed by atoms with Crippen LogP contribution in [-0.2, 0) is 471 Å². The molecule has 12 aliphatic rings. The number of nitrogens with two attached hydrogens (primary N) is 8. The van der Waals surface area contributed by atoms with Crippen molar-refractivity contribution in [2.45, 2.75) is 203 Å². The van der Waals surface area contributed by atoms with E-state index in [4.69, 9.17) is 45.9 Å². The molecule has 12 aromatic rings. The molecule has 0 saturated heterocycles. The molecule has 756 valence electrons. The first kappa shape index (κ1) is 135. The van der Waals surface area contributed by atoms with Crippen LogP contribution in [0.3, 0.4) is 0 Å². The van der Waals surface area contributed by atoms with Crippen LogP contribution in [0.4, 0.5) is 114 Å². The minimum atomic E-state index is 0. The fraction of sp³-hybridized carbons (Fsp3) is 0.333. The molecule has 0 unspecified atom stereocenters. The molecule has 0 fully saturated rings. The van der Waals surface area contributed by atoms with E-state index in [9.17, 15) is 51.1 Å². The van der Waals surface area contributed by atoms with Crippen molar-refractivity contribution in [3.05, 3.63) is 240 Å². The maximum absolute atomic E-state index is 10.5. The Morgan fingerprint density at radius 2 is 0.373 bits per heavy atom. The van der Waals surface area contributed by atoms with Crippen molar-refractivity contribution in [1.82, 2.24) is 0 Å². The van der Waals surface area contributed by atoms with Crippen molar-refractivity contribution in [3.8, 4) is 57.5 Å². The molecular formula is C108H116N20O10Y12-12. The number of anilines is 20. The van der Waals surface area contributed by atoms with Gasteiger partial charge in [-0.05, 0) is 34.1 Å². The Bertz CT molecular complexity index is 6490. The summed E-state index contributed by atoms with van der Waals surface area (Å²) in [6.07, 6.45) is 0. The number of hydrogen-bond acceptors (Lipinski definition) is 30. The normalized spacial score (nSPS) is 14.2. The van der Waals surface area contributed by atoms with Gasteiger partial charge < -0.3 is 156 Å². The zero-order valence-electron chi connectivity index (χ0n) is 88.1. The first-order chi connectivity index (χ1) is 65.3. The van der Waals surface area contributed by atoms with Crippen LogP contribution >= 0.6 is 0 Å². The minimum absolute atomic E-state index is 0. The molecule has 42 heteroatoms. The summed E-state index contributed by atoms with van der Waals surface area (Å²) >= 11 is 0. The Hall–Kier alpha value is -2.11. The van der Waals surface area contributed by atoms with E-state index in [0.29, 0.717) is 111 Å². The van der Waals surface area contributed by atoms with Gasteiger partial charge in [0.05, 0.1) is 40.0 Å². The Labute approximate surface area is 1180 Å². The van der Waals surface area contributed by atoms with Gasteiger partial charge >= 0.3 is 0 Å². The molecule has 12 aliphatic heterocycles. The molecule has 24 rings (SSSR count). The van der Waals surface area contributed by atoms with Crippen molar-refractivity contribution in [2.75, 3.05) is 145 Å². The Balaban J connectivity index is 0.000000240. The van der Waals surface area contributed by atoms with Gasteiger partial charge in [-0.1, -0.05) is 249 Å². The zero-order valence-corrected chi connectivity index (χ0v) is 122. The van der Waals surface area contributed by atoms with E-state index in [1.54, 1.807) is 0 Å². The molecular weight excluding hydrogens is 2800 g/mol. The van der Waals surface area contributed by atoms with Gasteiger partial charge in [-0.3, -0.25) is 0 Å². The Morgan fingerprint density at radius 3 is 0.713 bits per heavy atom. The van der Waals surface area contributed by atoms with Crippen molar-refractivity contribution in [2.24, 2.45) is 0 Å². The van der Waals surface area contributed by atoms with Crippen molar-refractivity contribution in [1.29, 1.82) is 0 Å². The van der Waals surface area contributed by atoms with Gasteiger partial charge in [-0.2, -0.15) is 30.3 Å². The first-order valence-electron chi connectivity index (χ1n) is 46.1. The van der Waals surface area contributed by atoms with E-state index < -0.39 is 0 Å². The maximum atomic E-state index is 10.5. The molecule has 0 aromatic heterocycles. The molecule has 12 bridgehead atoms. The first-order valence-corrected chi connectivity index (χ1v) is 46.1. The van der Waals surface area contributed by atoms with Crippen LogP contribution in [0.1, 0.15) is 167 Å². The number of phenols is 10. The standard InChI is InChI=1S/2C18H20N4O.4C18H19N3O2.12Y/c1-9-4-10(2)17-13(15(9)19)7-22-8-21(17)6-12-5-14(23)16(20)11(3)18(12)22;1-9-4-10(2)17-12(15(9)19)6-21-8-22(17)7-13-16(20)14(23)5-11(3)18(13)21;1-9-10(2)17-12(4-14(9)22)6-21-8-20(17)7-13-5-15(23)16(19)11(3)18(13)21;1-9-5-14(19)18(23)13-7-21-8-20(15(9)13)6-12-4-10(2)17(22)11(3)16(12)21;1-9-4-15(23)16(19)13-7-21-8-20(17(9)13)6-12-5-14(22)10(2)11(3)18(12)21;1-9-4-10(2)17(22)13-7-21-8-20(15(9)13)6-12-5-14(19)18(23)11(3)16(12)21;;;;;;;;;;;;/h2*23H,6-8,19-20H2,1-3H3;4*22-23H,6-8,19H2,1-3H3;;;;;;;;;;;;/q6*-2;;;;;;;;;;;;. The smallest absolute Gasteiger partial charge is 0.0695 e. The number of benzene rings is 12. The summed E-state index contributed by atoms with van der Waals surface area (Å²) in [5.74, 6) is 1.38. The quantitative estimate of drug-likeness (QED) is 0.0381. The van der Waals surface area contributed by atoms with E-state index in [-0.39, 0.29) is 439 Å². The van der Waals surface area contributed by atoms with E-state index in [2.05, 4.69) is 145 Å². The molecule has 0 saturated carbocycles. The third kappa shape index (κ3) is 23.9. The molecule has 150 heavy (non-hydrogen) atoms. The van der Waals surface area contributed by atoms with Crippen LogP contribution in [0.2, 0.25) is 0 Å². The van der Waals surface area contributed by atoms with Crippen LogP contribution in [0.15, 0.2) is 0 Å². The molecule has 12 radical (unpaired) electrons. The molecule has 12 aromatic carbocycles. The van der Waals surface area contributed by atoms with Gasteiger partial charge in [0.1, 0.15) is 0 Å². The maximum Gasteiger partial charge on any atom is 0.0695 e. The SMILES string of the molecule is Cc1[c-]c(C)c2c(c1N)CN1CN2Cc2[c-]c(O)c(N)c(C)c21.Cc1[c-]c(C)c2c(c1N)CN1CN2Cc2c(N)c(O)[c-]c(C)c21.Cc1[c-]c(C)c2c(c1O)CN1CN2Cc2[c-]c(N)c(O)c(C)c21.Cc1[c-]c(O)c(N)c2c1N1Cc3[c-]c(O)c(C)c(C)c3N(C2)C1.Cc1[c-]c2c(c(C)c1O)N1Cc3c(O)c(N)[c-]c(C)c3N(C2)C1.Cc1c(O)[c-]c2c(c1C)N1Cc3[c-]c(O)c(N)c(C)c3N(C2)C1.[Y].[Y].[Y].[Y].[Y].[Y].[Y].[Y].[Y].[Y].[Y].[Y]. The van der Waals surface area contributed by atoms with E-state index in [1.807, 2.05) is 111 Å². The number of rotatable bonds is 0. The summed E-state index contributed by atoms with van der Waals surface area (Å²) in [6, 6.07) is 37.7. The van der Waals surface area contributed by atoms with Gasteiger partial charge in [0.2, 0.25) is 0 Å². The molecule has 30 nitrogen and oxygen atoms in total. The molecule has 0 spiro atoms. The summed E-state index contributed by atoms with van der Waals surface area (Å²) in [5.41, 5.74) is 94.1. The molecule has 0 atom stereocenters. The number of phenolic OH excluding ortho intramolecular Hbond substituents is 10. The molecule has 0 amide bonds. The minimum Gasteiger partial charge on any atom is -0.565 e. The van der Waals surface area contributed by atoms with Gasteiger partial charge in [0.25, 0.3) is 0 Å². The number of aromatic hydroxyl groups is 10. The summed E-state index contributed by atoms with van der Waals surface area (Å²) < 4.78 is 0. The van der Waals surface area contributed by atoms with Crippen LogP contribution in [0.5, 0.6) is 57.5 Å². The number of nitrogens with zero attached hydrogens (tertiary/aromatic N) is 12. The summed E-state index contributed by atoms with van der Waals surface area (Å²) in [7, 11) is 0. The Kier molecular flexibility index (Phi) is 47.2. The summed E-state index contributed by atoms with van der Waals surface area (Å²) in [4.78, 5) is 26.7. The van der Waals surface area contributed by atoms with Gasteiger partial charge in [0, 0.05) is 529 Å². The largest absolute Gasteiger partial charge is 0.565 e. The Morgan fingerprint density at radius 1 is 0.160 bits per heavy atom. The molecule has 0 aliphatic carbocycles. The number of aryl methyl sites for hydroxylation is 10. The molecule has 12 heterocycles. The predicted molar refractivity (Wildman–Crippen MR) is 544 cm³/mol. The van der Waals surface area contributed by atoms with E-state index in [1.165, 1.54) is 0 Å². The van der Waals surface area contributed by atoms with Gasteiger partial charge in [-0.15, -0.1) is 165 Å².